The van der Waals surface area contributed by atoms with Gasteiger partial charge in [-0.2, -0.15) is 0 Å². The van der Waals surface area contributed by atoms with Gasteiger partial charge >= 0.3 is 0 Å². The molecule has 0 unspecified atom stereocenters. The van der Waals surface area contributed by atoms with Crippen LogP contribution >= 0.6 is 0 Å². The van der Waals surface area contributed by atoms with Crippen LogP contribution in [-0.2, 0) is 9.53 Å². The van der Waals surface area contributed by atoms with Gasteiger partial charge in [-0.05, 0) is 13.3 Å². The number of unbranched alkanes of at least 4 members (excludes halogenated alkanes) is 3. The van der Waals surface area contributed by atoms with Gasteiger partial charge in [-0.15, -0.1) is 6.58 Å². The maximum absolute atomic E-state index is 11.9. The van der Waals surface area contributed by atoms with Gasteiger partial charge in [-0.3, -0.25) is 4.79 Å². The van der Waals surface area contributed by atoms with Crippen molar-refractivity contribution in [1.29, 1.82) is 0 Å². The van der Waals surface area contributed by atoms with E-state index in [2.05, 4.69) is 13.5 Å². The second kappa shape index (κ2) is 9.59. The molecule has 0 aliphatic heterocycles. The SMILES string of the molecule is C=CCC(=O)[C@H](CCCCCC)[C@H](C)OC. The summed E-state index contributed by atoms with van der Waals surface area (Å²) in [7, 11) is 1.67. The van der Waals surface area contributed by atoms with Crippen LogP contribution < -0.4 is 0 Å². The Morgan fingerprint density at radius 1 is 1.38 bits per heavy atom. The highest BCUT2D eigenvalue weighted by molar-refractivity contribution is 5.82. The van der Waals surface area contributed by atoms with Crippen molar-refractivity contribution >= 4 is 5.78 Å². The summed E-state index contributed by atoms with van der Waals surface area (Å²) in [5, 5.41) is 0. The molecular weight excluding hydrogens is 200 g/mol. The Morgan fingerprint density at radius 2 is 2.06 bits per heavy atom. The minimum absolute atomic E-state index is 0.0223. The monoisotopic (exact) mass is 226 g/mol. The molecule has 0 aliphatic carbocycles. The molecule has 2 heteroatoms. The number of Topliss-reactive ketones (excluding diaryl/α,β-unsaturated/α-hetero) is 1. The van der Waals surface area contributed by atoms with Gasteiger partial charge in [-0.1, -0.05) is 38.7 Å². The molecule has 0 amide bonds. The van der Waals surface area contributed by atoms with Crippen molar-refractivity contribution in [3.63, 3.8) is 0 Å². The maximum Gasteiger partial charge on any atom is 0.142 e. The summed E-state index contributed by atoms with van der Waals surface area (Å²) in [5.74, 6) is 0.306. The summed E-state index contributed by atoms with van der Waals surface area (Å²) in [6.45, 7) is 7.79. The molecule has 0 aromatic heterocycles. The second-order valence-electron chi connectivity index (χ2n) is 4.36. The van der Waals surface area contributed by atoms with Gasteiger partial charge in [-0.25, -0.2) is 0 Å². The van der Waals surface area contributed by atoms with Crippen LogP contribution in [0.5, 0.6) is 0 Å². The van der Waals surface area contributed by atoms with Crippen LogP contribution in [-0.4, -0.2) is 19.0 Å². The molecule has 2 atom stereocenters. The molecule has 2 nitrogen and oxygen atoms in total. The van der Waals surface area contributed by atoms with Crippen LogP contribution in [0.15, 0.2) is 12.7 Å². The first-order valence-corrected chi connectivity index (χ1v) is 6.33. The summed E-state index contributed by atoms with van der Waals surface area (Å²) in [5.41, 5.74) is 0. The van der Waals surface area contributed by atoms with E-state index in [9.17, 15) is 4.79 Å². The van der Waals surface area contributed by atoms with Crippen molar-refractivity contribution in [3.8, 4) is 0 Å². The van der Waals surface area contributed by atoms with Crippen LogP contribution in [0.3, 0.4) is 0 Å². The zero-order chi connectivity index (χ0) is 12.4. The van der Waals surface area contributed by atoms with Gasteiger partial charge in [0.25, 0.3) is 0 Å². The lowest BCUT2D eigenvalue weighted by molar-refractivity contribution is -0.126. The highest BCUT2D eigenvalue weighted by Crippen LogP contribution is 2.19. The number of carbonyl (C=O) groups excluding carboxylic acids is 1. The minimum atomic E-state index is 0.0223. The molecule has 94 valence electrons. The zero-order valence-corrected chi connectivity index (χ0v) is 11.0. The molecule has 0 fully saturated rings. The van der Waals surface area contributed by atoms with Crippen molar-refractivity contribution in [2.75, 3.05) is 7.11 Å². The van der Waals surface area contributed by atoms with E-state index < -0.39 is 0 Å². The molecule has 0 saturated heterocycles. The maximum atomic E-state index is 11.9. The Morgan fingerprint density at radius 3 is 2.56 bits per heavy atom. The number of carbonyl (C=O) groups is 1. The van der Waals surface area contributed by atoms with Crippen LogP contribution in [0.2, 0.25) is 0 Å². The number of hydrogen-bond acceptors (Lipinski definition) is 2. The number of ketones is 1. The molecule has 0 N–H and O–H groups in total. The Labute approximate surface area is 100 Å². The smallest absolute Gasteiger partial charge is 0.142 e. The summed E-state index contributed by atoms with van der Waals surface area (Å²) in [6, 6.07) is 0. The summed E-state index contributed by atoms with van der Waals surface area (Å²) < 4.78 is 5.28. The Kier molecular flexibility index (Phi) is 9.21. The fourth-order valence-electron chi connectivity index (χ4n) is 1.91. The van der Waals surface area contributed by atoms with E-state index in [1.165, 1.54) is 19.3 Å². The van der Waals surface area contributed by atoms with Gasteiger partial charge in [0.05, 0.1) is 6.10 Å². The molecule has 0 bridgehead atoms. The topological polar surface area (TPSA) is 26.3 Å². The normalized spacial score (nSPS) is 14.4. The first-order chi connectivity index (χ1) is 7.67. The van der Waals surface area contributed by atoms with E-state index in [0.717, 1.165) is 12.8 Å². The molecule has 0 aromatic carbocycles. The van der Waals surface area contributed by atoms with E-state index in [4.69, 9.17) is 4.74 Å². The van der Waals surface area contributed by atoms with Crippen LogP contribution in [0, 0.1) is 5.92 Å². The molecule has 0 aromatic rings. The number of ether oxygens (including phenoxy) is 1. The first kappa shape index (κ1) is 15.4. The highest BCUT2D eigenvalue weighted by atomic mass is 16.5. The Bertz CT molecular complexity index is 199. The van der Waals surface area contributed by atoms with Gasteiger partial charge < -0.3 is 4.74 Å². The van der Waals surface area contributed by atoms with Crippen molar-refractivity contribution in [3.05, 3.63) is 12.7 Å². The lowest BCUT2D eigenvalue weighted by Gasteiger charge is -2.21. The van der Waals surface area contributed by atoms with Crippen molar-refractivity contribution in [2.24, 2.45) is 5.92 Å². The van der Waals surface area contributed by atoms with E-state index in [-0.39, 0.29) is 17.8 Å². The van der Waals surface area contributed by atoms with Crippen LogP contribution in [0.25, 0.3) is 0 Å². The van der Waals surface area contributed by atoms with Crippen LogP contribution in [0.1, 0.15) is 52.4 Å². The van der Waals surface area contributed by atoms with Crippen molar-refractivity contribution in [2.45, 2.75) is 58.5 Å². The largest absolute Gasteiger partial charge is 0.381 e. The van der Waals surface area contributed by atoms with Crippen molar-refractivity contribution in [1.82, 2.24) is 0 Å². The number of hydrogen-bond donors (Lipinski definition) is 0. The van der Waals surface area contributed by atoms with Gasteiger partial charge in [0, 0.05) is 19.4 Å². The first-order valence-electron chi connectivity index (χ1n) is 6.33. The second-order valence-corrected chi connectivity index (χ2v) is 4.36. The number of rotatable bonds is 10. The fourth-order valence-corrected chi connectivity index (χ4v) is 1.91. The van der Waals surface area contributed by atoms with Crippen molar-refractivity contribution < 1.29 is 9.53 Å². The summed E-state index contributed by atoms with van der Waals surface area (Å²) >= 11 is 0. The number of methoxy groups -OCH3 is 1. The molecule has 0 radical (unpaired) electrons. The highest BCUT2D eigenvalue weighted by Gasteiger charge is 2.23. The third kappa shape index (κ3) is 6.06. The minimum Gasteiger partial charge on any atom is -0.381 e. The average Bonchev–Trinajstić information content (AvgIpc) is 2.28. The molecule has 16 heavy (non-hydrogen) atoms. The lowest BCUT2D eigenvalue weighted by atomic mass is 9.90. The molecule has 0 rings (SSSR count). The van der Waals surface area contributed by atoms with Crippen LogP contribution in [0.4, 0.5) is 0 Å². The zero-order valence-electron chi connectivity index (χ0n) is 11.0. The molecular formula is C14H26O2. The molecule has 0 aliphatic rings. The van der Waals surface area contributed by atoms with Gasteiger partial charge in [0.15, 0.2) is 0 Å². The average molecular weight is 226 g/mol. The Balaban J connectivity index is 4.10. The third-order valence-electron chi connectivity index (χ3n) is 3.07. The van der Waals surface area contributed by atoms with E-state index in [0.29, 0.717) is 6.42 Å². The summed E-state index contributed by atoms with van der Waals surface area (Å²) in [4.78, 5) is 11.9. The molecule has 0 heterocycles. The van der Waals surface area contributed by atoms with Gasteiger partial charge in [0.1, 0.15) is 5.78 Å². The predicted molar refractivity (Wildman–Crippen MR) is 68.5 cm³/mol. The lowest BCUT2D eigenvalue weighted by Crippen LogP contribution is -2.27. The Hall–Kier alpha value is -0.630. The predicted octanol–water partition coefficient (Wildman–Crippen LogP) is 3.75. The van der Waals surface area contributed by atoms with Gasteiger partial charge in [0.2, 0.25) is 0 Å². The quantitative estimate of drug-likeness (QED) is 0.419. The summed E-state index contributed by atoms with van der Waals surface area (Å²) in [6.07, 6.45) is 7.93. The van der Waals surface area contributed by atoms with E-state index >= 15 is 0 Å². The molecule has 0 spiro atoms. The number of allylic oxidation sites excluding steroid dienone is 1. The standard InChI is InChI=1S/C14H26O2/c1-5-7-8-9-11-13(12(3)16-4)14(15)10-6-2/h6,12-13H,2,5,7-11H2,1,3-4H3/t12-,13+/m0/s1. The van der Waals surface area contributed by atoms with E-state index in [1.807, 2.05) is 6.92 Å². The molecule has 0 saturated carbocycles. The third-order valence-corrected chi connectivity index (χ3v) is 3.07. The van der Waals surface area contributed by atoms with E-state index in [1.54, 1.807) is 13.2 Å². The fraction of sp³-hybridized carbons (Fsp3) is 0.786.